The Morgan fingerprint density at radius 3 is 2.48 bits per heavy atom. The lowest BCUT2D eigenvalue weighted by Gasteiger charge is -2.47. The molecule has 3 atom stereocenters. The van der Waals surface area contributed by atoms with Crippen LogP contribution in [0.5, 0.6) is 5.75 Å². The lowest BCUT2D eigenvalue weighted by Crippen LogP contribution is -2.60. The Labute approximate surface area is 313 Å². The third kappa shape index (κ3) is 6.43. The maximum atomic E-state index is 13.3. The minimum Gasteiger partial charge on any atom is -0.507 e. The molecule has 4 amide bonds. The van der Waals surface area contributed by atoms with E-state index < -0.39 is 23.8 Å². The Morgan fingerprint density at radius 2 is 1.65 bits per heavy atom. The number of piperazine rings is 1. The van der Waals surface area contributed by atoms with Gasteiger partial charge in [-0.2, -0.15) is 0 Å². The SMILES string of the molecule is O=C1CCC(N2C(=O)c3ccc(N4CCC(OCCN5CCC(N6CCN7c8cc(-c9ccccc9O)nnc8NC[C@H]7C6)C5)CC4)cc3C2=O)C(=O)N1. The van der Waals surface area contributed by atoms with Crippen molar-refractivity contribution in [1.82, 2.24) is 30.2 Å². The highest BCUT2D eigenvalue weighted by Gasteiger charge is 2.45. The molecule has 1 aromatic heterocycles. The van der Waals surface area contributed by atoms with Crippen LogP contribution in [0.4, 0.5) is 17.2 Å². The number of aromatic nitrogens is 2. The lowest BCUT2D eigenvalue weighted by molar-refractivity contribution is -0.136. The van der Waals surface area contributed by atoms with Crippen molar-refractivity contribution in [2.24, 2.45) is 0 Å². The number of anilines is 3. The minimum absolute atomic E-state index is 0.0966. The van der Waals surface area contributed by atoms with E-state index >= 15 is 0 Å². The number of carbonyl (C=O) groups is 4. The molecule has 0 aliphatic carbocycles. The number of phenols is 1. The van der Waals surface area contributed by atoms with E-state index in [9.17, 15) is 24.3 Å². The third-order valence-electron chi connectivity index (χ3n) is 12.0. The van der Waals surface area contributed by atoms with Gasteiger partial charge in [-0.05, 0) is 68.6 Å². The number of aromatic hydroxyl groups is 1. The van der Waals surface area contributed by atoms with Gasteiger partial charge < -0.3 is 25.0 Å². The molecule has 0 bridgehead atoms. The molecule has 54 heavy (non-hydrogen) atoms. The standard InChI is InChI=1S/C39H45N9O6/c49-34-4-2-1-3-29(34)31-20-33-36(43-42-31)40-21-26-23-46(15-16-47(26)33)25-9-12-44(22-25)17-18-54-27-10-13-45(14-11-27)24-5-6-28-30(19-24)39(53)48(38(28)52)32-7-8-35(50)41-37(32)51/h1-6,19-20,25-27,32,49H,7-18,21-23H2,(H,40,43)(H,41,50,51)/t25?,26-,32?/m0/s1. The summed E-state index contributed by atoms with van der Waals surface area (Å²) in [4.78, 5) is 61.3. The van der Waals surface area contributed by atoms with E-state index in [0.29, 0.717) is 41.1 Å². The molecule has 15 heteroatoms. The van der Waals surface area contributed by atoms with Crippen molar-refractivity contribution in [2.75, 3.05) is 80.6 Å². The second-order valence-corrected chi connectivity index (χ2v) is 15.2. The van der Waals surface area contributed by atoms with Gasteiger partial charge in [0, 0.05) is 76.1 Å². The summed E-state index contributed by atoms with van der Waals surface area (Å²) in [5.74, 6) is -0.959. The first-order chi connectivity index (χ1) is 26.3. The average Bonchev–Trinajstić information content (AvgIpc) is 3.76. The fourth-order valence-corrected chi connectivity index (χ4v) is 9.06. The zero-order valence-electron chi connectivity index (χ0n) is 30.2. The molecule has 4 fully saturated rings. The molecule has 4 saturated heterocycles. The summed E-state index contributed by atoms with van der Waals surface area (Å²) in [5.41, 5.74) is 3.89. The molecule has 9 rings (SSSR count). The quantitative estimate of drug-likeness (QED) is 0.288. The third-order valence-corrected chi connectivity index (χ3v) is 12.0. The number of phenolic OH excluding ortho intramolecular Hbond substituents is 1. The molecule has 0 spiro atoms. The highest BCUT2D eigenvalue weighted by atomic mass is 16.5. The predicted octanol–water partition coefficient (Wildman–Crippen LogP) is 1.93. The van der Waals surface area contributed by atoms with Gasteiger partial charge in [0.05, 0.1) is 41.3 Å². The molecule has 282 valence electrons. The Balaban J connectivity index is 0.727. The molecule has 3 N–H and O–H groups in total. The fourth-order valence-electron chi connectivity index (χ4n) is 9.06. The Morgan fingerprint density at radius 1 is 0.815 bits per heavy atom. The average molecular weight is 736 g/mol. The van der Waals surface area contributed by atoms with Crippen LogP contribution in [0.2, 0.25) is 0 Å². The number of piperidine rings is 2. The molecule has 2 aromatic carbocycles. The van der Waals surface area contributed by atoms with Crippen molar-refractivity contribution in [3.8, 4) is 17.0 Å². The molecular weight excluding hydrogens is 690 g/mol. The number of imide groups is 2. The zero-order valence-corrected chi connectivity index (χ0v) is 30.2. The van der Waals surface area contributed by atoms with E-state index in [0.717, 1.165) is 100 Å². The molecule has 7 heterocycles. The van der Waals surface area contributed by atoms with Crippen molar-refractivity contribution in [3.05, 3.63) is 59.7 Å². The number of rotatable bonds is 8. The number of nitrogens with one attached hydrogen (secondary N) is 2. The number of ether oxygens (including phenoxy) is 1. The Hall–Kier alpha value is -5.12. The first-order valence-electron chi connectivity index (χ1n) is 19.2. The van der Waals surface area contributed by atoms with Crippen molar-refractivity contribution >= 4 is 40.8 Å². The summed E-state index contributed by atoms with van der Waals surface area (Å²) in [6.07, 6.45) is 3.31. The second-order valence-electron chi connectivity index (χ2n) is 15.2. The van der Waals surface area contributed by atoms with Crippen LogP contribution in [0.15, 0.2) is 48.5 Å². The van der Waals surface area contributed by atoms with Crippen LogP contribution in [0.1, 0.15) is 52.8 Å². The molecule has 0 radical (unpaired) electrons. The number of carbonyl (C=O) groups excluding carboxylic acids is 4. The van der Waals surface area contributed by atoms with Gasteiger partial charge in [0.25, 0.3) is 11.8 Å². The van der Waals surface area contributed by atoms with E-state index in [1.54, 1.807) is 18.2 Å². The maximum Gasteiger partial charge on any atom is 0.262 e. The van der Waals surface area contributed by atoms with Crippen LogP contribution in [0, 0.1) is 0 Å². The molecule has 15 nitrogen and oxygen atoms in total. The van der Waals surface area contributed by atoms with Crippen molar-refractivity contribution < 1.29 is 29.0 Å². The van der Waals surface area contributed by atoms with Crippen LogP contribution >= 0.6 is 0 Å². The highest BCUT2D eigenvalue weighted by molar-refractivity contribution is 6.23. The number of amides is 4. The van der Waals surface area contributed by atoms with Crippen molar-refractivity contribution in [2.45, 2.75) is 56.3 Å². The van der Waals surface area contributed by atoms with Crippen LogP contribution in [-0.2, 0) is 14.3 Å². The van der Waals surface area contributed by atoms with E-state index in [2.05, 4.69) is 40.4 Å². The fraction of sp³-hybridized carbons (Fsp3) is 0.487. The second kappa shape index (κ2) is 14.3. The summed E-state index contributed by atoms with van der Waals surface area (Å²) in [6.45, 7) is 9.00. The monoisotopic (exact) mass is 735 g/mol. The predicted molar refractivity (Wildman–Crippen MR) is 199 cm³/mol. The topological polar surface area (TPSA) is 164 Å². The number of benzene rings is 2. The van der Waals surface area contributed by atoms with Gasteiger partial charge in [-0.3, -0.25) is 39.2 Å². The maximum absolute atomic E-state index is 13.3. The van der Waals surface area contributed by atoms with Crippen molar-refractivity contribution in [3.63, 3.8) is 0 Å². The van der Waals surface area contributed by atoms with E-state index in [-0.39, 0.29) is 30.6 Å². The highest BCUT2D eigenvalue weighted by Crippen LogP contribution is 2.37. The number of hydrogen-bond acceptors (Lipinski definition) is 13. The van der Waals surface area contributed by atoms with Gasteiger partial charge in [-0.1, -0.05) is 12.1 Å². The molecule has 3 aromatic rings. The Kier molecular flexibility index (Phi) is 9.15. The van der Waals surface area contributed by atoms with Crippen LogP contribution in [0.25, 0.3) is 11.3 Å². The molecular formula is C39H45N9O6. The summed E-state index contributed by atoms with van der Waals surface area (Å²) in [7, 11) is 0. The zero-order chi connectivity index (χ0) is 36.9. The van der Waals surface area contributed by atoms with Crippen LogP contribution in [-0.4, -0.2) is 143 Å². The van der Waals surface area contributed by atoms with Gasteiger partial charge >= 0.3 is 0 Å². The van der Waals surface area contributed by atoms with E-state index in [1.807, 2.05) is 30.3 Å². The molecule has 6 aliphatic rings. The van der Waals surface area contributed by atoms with Gasteiger partial charge in [-0.15, -0.1) is 10.2 Å². The Bertz CT molecular complexity index is 1990. The number of para-hydroxylation sites is 1. The van der Waals surface area contributed by atoms with E-state index in [4.69, 9.17) is 4.74 Å². The van der Waals surface area contributed by atoms with Gasteiger partial charge in [0.15, 0.2) is 5.82 Å². The molecule has 6 aliphatic heterocycles. The smallest absolute Gasteiger partial charge is 0.262 e. The number of fused-ring (bicyclic) bond motifs is 4. The first-order valence-corrected chi connectivity index (χ1v) is 19.2. The van der Waals surface area contributed by atoms with Gasteiger partial charge in [-0.25, -0.2) is 0 Å². The van der Waals surface area contributed by atoms with Crippen molar-refractivity contribution in [1.29, 1.82) is 0 Å². The summed E-state index contributed by atoms with van der Waals surface area (Å²) < 4.78 is 6.38. The summed E-state index contributed by atoms with van der Waals surface area (Å²) in [5, 5.41) is 25.0. The first kappa shape index (κ1) is 34.6. The summed E-state index contributed by atoms with van der Waals surface area (Å²) >= 11 is 0. The molecule has 2 unspecified atom stereocenters. The lowest BCUT2D eigenvalue weighted by atomic mass is 10.0. The number of likely N-dealkylation sites (tertiary alicyclic amines) is 1. The minimum atomic E-state index is -0.967. The normalized spacial score (nSPS) is 25.0. The largest absolute Gasteiger partial charge is 0.507 e. The molecule has 0 saturated carbocycles. The van der Waals surface area contributed by atoms with Gasteiger partial charge in [0.2, 0.25) is 11.8 Å². The van der Waals surface area contributed by atoms with Crippen LogP contribution in [0.3, 0.4) is 0 Å². The van der Waals surface area contributed by atoms with E-state index in [1.165, 1.54) is 0 Å². The number of hydrogen-bond donors (Lipinski definition) is 3. The van der Waals surface area contributed by atoms with Crippen LogP contribution < -0.4 is 20.4 Å². The summed E-state index contributed by atoms with van der Waals surface area (Å²) in [6, 6.07) is 14.5. The van der Waals surface area contributed by atoms with Gasteiger partial charge in [0.1, 0.15) is 11.8 Å². The number of nitrogens with zero attached hydrogens (tertiary/aromatic N) is 7.